The molecule has 0 amide bonds. The number of hydrogen-bond acceptors (Lipinski definition) is 1. The minimum Gasteiger partial charge on any atom is -0.319 e. The third kappa shape index (κ3) is 4.71. The third-order valence-electron chi connectivity index (χ3n) is 4.07. The number of hydrogen-bond donors (Lipinski definition) is 1. The molecule has 1 unspecified atom stereocenters. The Balaban J connectivity index is 2.13. The second-order valence-electron chi connectivity index (χ2n) is 6.25. The molecular formula is C20H27N. The van der Waals surface area contributed by atoms with Crippen molar-refractivity contribution in [2.24, 2.45) is 5.92 Å². The van der Waals surface area contributed by atoms with Crippen LogP contribution >= 0.6 is 0 Å². The highest BCUT2D eigenvalue weighted by Gasteiger charge is 2.12. The molecule has 1 heteroatoms. The van der Waals surface area contributed by atoms with Gasteiger partial charge in [-0.05, 0) is 69.8 Å². The molecule has 0 spiro atoms. The van der Waals surface area contributed by atoms with Gasteiger partial charge in [0.25, 0.3) is 0 Å². The smallest absolute Gasteiger partial charge is 0.00172 e. The van der Waals surface area contributed by atoms with E-state index in [0.717, 1.165) is 19.4 Å². The minimum absolute atomic E-state index is 0.636. The summed E-state index contributed by atoms with van der Waals surface area (Å²) in [5.74, 6) is 0.636. The largest absolute Gasteiger partial charge is 0.319 e. The summed E-state index contributed by atoms with van der Waals surface area (Å²) in [4.78, 5) is 0. The third-order valence-corrected chi connectivity index (χ3v) is 4.07. The van der Waals surface area contributed by atoms with Crippen LogP contribution in [0, 0.1) is 26.7 Å². The van der Waals surface area contributed by atoms with Crippen LogP contribution in [-0.2, 0) is 12.8 Å². The fourth-order valence-electron chi connectivity index (χ4n) is 3.18. The molecule has 0 bridgehead atoms. The molecule has 0 heterocycles. The van der Waals surface area contributed by atoms with E-state index in [9.17, 15) is 0 Å². The lowest BCUT2D eigenvalue weighted by molar-refractivity contribution is 0.492. The quantitative estimate of drug-likeness (QED) is 0.835. The molecule has 0 aromatic heterocycles. The number of rotatable bonds is 6. The Labute approximate surface area is 129 Å². The van der Waals surface area contributed by atoms with Crippen molar-refractivity contribution in [2.45, 2.75) is 33.6 Å². The first-order valence-corrected chi connectivity index (χ1v) is 7.84. The molecule has 0 aliphatic rings. The van der Waals surface area contributed by atoms with E-state index in [1.165, 1.54) is 27.8 Å². The predicted molar refractivity (Wildman–Crippen MR) is 91.9 cm³/mol. The number of aryl methyl sites for hydroxylation is 3. The van der Waals surface area contributed by atoms with Gasteiger partial charge < -0.3 is 5.32 Å². The van der Waals surface area contributed by atoms with E-state index < -0.39 is 0 Å². The zero-order valence-corrected chi connectivity index (χ0v) is 13.7. The van der Waals surface area contributed by atoms with Crippen molar-refractivity contribution in [3.05, 3.63) is 70.3 Å². The molecule has 0 saturated carbocycles. The monoisotopic (exact) mass is 281 g/mol. The summed E-state index contributed by atoms with van der Waals surface area (Å²) in [5.41, 5.74) is 7.07. The molecule has 0 saturated heterocycles. The zero-order chi connectivity index (χ0) is 15.2. The molecule has 1 atom stereocenters. The van der Waals surface area contributed by atoms with Crippen molar-refractivity contribution < 1.29 is 0 Å². The predicted octanol–water partition coefficient (Wildman–Crippen LogP) is 4.23. The van der Waals surface area contributed by atoms with E-state index in [1.54, 1.807) is 0 Å². The molecule has 2 aromatic rings. The Morgan fingerprint density at radius 1 is 0.905 bits per heavy atom. The number of nitrogens with one attached hydrogen (secondary N) is 1. The summed E-state index contributed by atoms with van der Waals surface area (Å²) in [6.45, 7) is 7.64. The van der Waals surface area contributed by atoms with Crippen molar-refractivity contribution in [1.82, 2.24) is 5.32 Å². The van der Waals surface area contributed by atoms with Gasteiger partial charge in [-0.1, -0.05) is 53.6 Å². The molecule has 1 N–H and O–H groups in total. The van der Waals surface area contributed by atoms with Crippen LogP contribution in [0.5, 0.6) is 0 Å². The van der Waals surface area contributed by atoms with Crippen LogP contribution in [-0.4, -0.2) is 13.6 Å². The molecule has 0 fully saturated rings. The SMILES string of the molecule is CNCC(Cc1cc(C)cc(C)c1)Cc1ccccc1C. The summed E-state index contributed by atoms with van der Waals surface area (Å²) < 4.78 is 0. The lowest BCUT2D eigenvalue weighted by Crippen LogP contribution is -2.23. The second kappa shape index (κ2) is 7.42. The maximum absolute atomic E-state index is 3.36. The van der Waals surface area contributed by atoms with Crippen molar-refractivity contribution in [1.29, 1.82) is 0 Å². The lowest BCUT2D eigenvalue weighted by atomic mass is 9.90. The van der Waals surface area contributed by atoms with E-state index in [-0.39, 0.29) is 0 Å². The van der Waals surface area contributed by atoms with Gasteiger partial charge in [-0.2, -0.15) is 0 Å². The maximum Gasteiger partial charge on any atom is -0.00172 e. The van der Waals surface area contributed by atoms with Crippen molar-refractivity contribution in [3.8, 4) is 0 Å². The van der Waals surface area contributed by atoms with Crippen LogP contribution in [0.15, 0.2) is 42.5 Å². The average Bonchev–Trinajstić information content (AvgIpc) is 2.40. The summed E-state index contributed by atoms with van der Waals surface area (Å²) in [5, 5.41) is 3.36. The molecule has 2 aromatic carbocycles. The van der Waals surface area contributed by atoms with Gasteiger partial charge in [0.2, 0.25) is 0 Å². The maximum atomic E-state index is 3.36. The van der Waals surface area contributed by atoms with Gasteiger partial charge in [0.05, 0.1) is 0 Å². The zero-order valence-electron chi connectivity index (χ0n) is 13.7. The summed E-state index contributed by atoms with van der Waals surface area (Å²) in [7, 11) is 2.05. The van der Waals surface area contributed by atoms with Gasteiger partial charge in [0.1, 0.15) is 0 Å². The Morgan fingerprint density at radius 3 is 2.19 bits per heavy atom. The first-order valence-electron chi connectivity index (χ1n) is 7.84. The molecule has 0 aliphatic carbocycles. The Morgan fingerprint density at radius 2 is 1.57 bits per heavy atom. The average molecular weight is 281 g/mol. The summed E-state index contributed by atoms with van der Waals surface area (Å²) in [6.07, 6.45) is 2.28. The Hall–Kier alpha value is -1.60. The van der Waals surface area contributed by atoms with Crippen LogP contribution in [0.1, 0.15) is 27.8 Å². The van der Waals surface area contributed by atoms with E-state index in [0.29, 0.717) is 5.92 Å². The van der Waals surface area contributed by atoms with Crippen LogP contribution in [0.25, 0.3) is 0 Å². The van der Waals surface area contributed by atoms with Crippen molar-refractivity contribution in [3.63, 3.8) is 0 Å². The van der Waals surface area contributed by atoms with E-state index in [1.807, 2.05) is 7.05 Å². The van der Waals surface area contributed by atoms with E-state index in [2.05, 4.69) is 68.6 Å². The molecular weight excluding hydrogens is 254 g/mol. The van der Waals surface area contributed by atoms with Crippen LogP contribution in [0.4, 0.5) is 0 Å². The van der Waals surface area contributed by atoms with Crippen molar-refractivity contribution in [2.75, 3.05) is 13.6 Å². The molecule has 0 radical (unpaired) electrons. The lowest BCUT2D eigenvalue weighted by Gasteiger charge is -2.18. The standard InChI is InChI=1S/C20H27N/c1-15-9-16(2)11-18(10-15)12-19(14-21-4)13-20-8-6-5-7-17(20)3/h5-11,19,21H,12-14H2,1-4H3. The van der Waals surface area contributed by atoms with Crippen LogP contribution in [0.3, 0.4) is 0 Å². The molecule has 112 valence electrons. The second-order valence-corrected chi connectivity index (χ2v) is 6.25. The van der Waals surface area contributed by atoms with E-state index in [4.69, 9.17) is 0 Å². The molecule has 1 nitrogen and oxygen atoms in total. The summed E-state index contributed by atoms with van der Waals surface area (Å²) >= 11 is 0. The fraction of sp³-hybridized carbons (Fsp3) is 0.400. The van der Waals surface area contributed by atoms with Gasteiger partial charge >= 0.3 is 0 Å². The highest BCUT2D eigenvalue weighted by molar-refractivity contribution is 5.30. The van der Waals surface area contributed by atoms with Crippen LogP contribution < -0.4 is 5.32 Å². The Bertz CT molecular complexity index is 566. The Kier molecular flexibility index (Phi) is 5.58. The van der Waals surface area contributed by atoms with Gasteiger partial charge in [-0.25, -0.2) is 0 Å². The molecule has 2 rings (SSSR count). The topological polar surface area (TPSA) is 12.0 Å². The van der Waals surface area contributed by atoms with Crippen LogP contribution in [0.2, 0.25) is 0 Å². The van der Waals surface area contributed by atoms with E-state index >= 15 is 0 Å². The normalized spacial score (nSPS) is 12.4. The summed E-state index contributed by atoms with van der Waals surface area (Å²) in [6, 6.07) is 15.6. The van der Waals surface area contributed by atoms with Gasteiger partial charge in [0, 0.05) is 0 Å². The minimum atomic E-state index is 0.636. The highest BCUT2D eigenvalue weighted by Crippen LogP contribution is 2.19. The fourth-order valence-corrected chi connectivity index (χ4v) is 3.18. The molecule has 21 heavy (non-hydrogen) atoms. The first-order chi connectivity index (χ1) is 10.1. The number of benzene rings is 2. The van der Waals surface area contributed by atoms with Gasteiger partial charge in [0.15, 0.2) is 0 Å². The first kappa shape index (κ1) is 15.8. The van der Waals surface area contributed by atoms with Gasteiger partial charge in [-0.3, -0.25) is 0 Å². The van der Waals surface area contributed by atoms with Crippen molar-refractivity contribution >= 4 is 0 Å². The highest BCUT2D eigenvalue weighted by atomic mass is 14.8. The molecule has 0 aliphatic heterocycles. The van der Waals surface area contributed by atoms with Gasteiger partial charge in [-0.15, -0.1) is 0 Å².